The molecule has 2 saturated heterocycles. The number of amides is 2. The highest BCUT2D eigenvalue weighted by molar-refractivity contribution is 6.04. The summed E-state index contributed by atoms with van der Waals surface area (Å²) < 4.78 is 5.47. The number of aromatic nitrogens is 2. The van der Waals surface area contributed by atoms with E-state index in [1.807, 2.05) is 49.4 Å². The van der Waals surface area contributed by atoms with Crippen LogP contribution in [0.1, 0.15) is 47.8 Å². The Morgan fingerprint density at radius 1 is 0.974 bits per heavy atom. The monoisotopic (exact) mass is 528 g/mol. The number of piperidine rings is 1. The predicted molar refractivity (Wildman–Crippen MR) is 151 cm³/mol. The highest BCUT2D eigenvalue weighted by Crippen LogP contribution is 2.20. The topological polar surface area (TPSA) is 90.9 Å². The van der Waals surface area contributed by atoms with Crippen molar-refractivity contribution in [2.45, 2.75) is 45.7 Å². The van der Waals surface area contributed by atoms with Crippen LogP contribution < -0.4 is 15.0 Å². The van der Waals surface area contributed by atoms with Crippen molar-refractivity contribution in [3.05, 3.63) is 77.6 Å². The molecule has 5 rings (SSSR count). The van der Waals surface area contributed by atoms with Crippen molar-refractivity contribution in [1.29, 1.82) is 0 Å². The highest BCUT2D eigenvalue weighted by atomic mass is 16.6. The summed E-state index contributed by atoms with van der Waals surface area (Å²) in [6.07, 6.45) is 4.86. The Morgan fingerprint density at radius 2 is 1.77 bits per heavy atom. The van der Waals surface area contributed by atoms with Crippen molar-refractivity contribution in [3.63, 3.8) is 0 Å². The van der Waals surface area contributed by atoms with E-state index in [1.165, 1.54) is 31.0 Å². The SMILES string of the molecule is Cc1cccc(N2CCN(C(=O)Oc3ccc(NC(=O)c4ccc(CN5CCCCC5C)cc4)cn3)CC2)n1. The smallest absolute Gasteiger partial charge is 0.391 e. The third-order valence-electron chi connectivity index (χ3n) is 7.46. The molecule has 0 saturated carbocycles. The van der Waals surface area contributed by atoms with Gasteiger partial charge in [0.05, 0.1) is 11.9 Å². The first kappa shape index (κ1) is 26.6. The summed E-state index contributed by atoms with van der Waals surface area (Å²) in [5, 5.41) is 2.86. The molecule has 9 heteroatoms. The molecule has 2 aliphatic rings. The summed E-state index contributed by atoms with van der Waals surface area (Å²) in [4.78, 5) is 40.5. The van der Waals surface area contributed by atoms with Crippen molar-refractivity contribution in [1.82, 2.24) is 19.8 Å². The Labute approximate surface area is 229 Å². The fraction of sp³-hybridized carbons (Fsp3) is 0.400. The van der Waals surface area contributed by atoms with Crippen LogP contribution in [0.4, 0.5) is 16.3 Å². The number of rotatable bonds is 6. The average Bonchev–Trinajstić information content (AvgIpc) is 2.96. The predicted octanol–water partition coefficient (Wildman–Crippen LogP) is 4.73. The van der Waals surface area contributed by atoms with Crippen LogP contribution in [0.15, 0.2) is 60.8 Å². The molecular formula is C30H36N6O3. The summed E-state index contributed by atoms with van der Waals surface area (Å²) >= 11 is 0. The van der Waals surface area contributed by atoms with Gasteiger partial charge in [-0.1, -0.05) is 24.6 Å². The number of likely N-dealkylation sites (tertiary alicyclic amines) is 1. The van der Waals surface area contributed by atoms with E-state index < -0.39 is 6.09 Å². The van der Waals surface area contributed by atoms with Gasteiger partial charge in [-0.25, -0.2) is 14.8 Å². The second-order valence-electron chi connectivity index (χ2n) is 10.3. The summed E-state index contributed by atoms with van der Waals surface area (Å²) in [5.41, 5.74) is 3.29. The molecular weight excluding hydrogens is 492 g/mol. The molecule has 204 valence electrons. The maximum atomic E-state index is 12.7. The van der Waals surface area contributed by atoms with Gasteiger partial charge in [-0.3, -0.25) is 9.69 Å². The van der Waals surface area contributed by atoms with Crippen LogP contribution >= 0.6 is 0 Å². The Morgan fingerprint density at radius 3 is 2.46 bits per heavy atom. The minimum absolute atomic E-state index is 0.192. The number of carbonyl (C=O) groups is 2. The summed E-state index contributed by atoms with van der Waals surface area (Å²) in [5.74, 6) is 0.905. The van der Waals surface area contributed by atoms with E-state index in [4.69, 9.17) is 4.74 Å². The Balaban J connectivity index is 1.09. The number of ether oxygens (including phenoxy) is 1. The van der Waals surface area contributed by atoms with Crippen LogP contribution in [0.5, 0.6) is 5.88 Å². The van der Waals surface area contributed by atoms with Gasteiger partial charge in [-0.05, 0) is 69.1 Å². The molecule has 2 fully saturated rings. The van der Waals surface area contributed by atoms with Crippen molar-refractivity contribution in [2.24, 2.45) is 0 Å². The molecule has 0 spiro atoms. The van der Waals surface area contributed by atoms with Crippen LogP contribution in [0.3, 0.4) is 0 Å². The van der Waals surface area contributed by atoms with Gasteiger partial charge in [-0.2, -0.15) is 0 Å². The number of hydrogen-bond acceptors (Lipinski definition) is 7. The van der Waals surface area contributed by atoms with Crippen molar-refractivity contribution < 1.29 is 14.3 Å². The molecule has 1 unspecified atom stereocenters. The summed E-state index contributed by atoms with van der Waals surface area (Å²) in [6, 6.07) is 17.6. The number of aryl methyl sites for hydroxylation is 1. The van der Waals surface area contributed by atoms with Crippen LogP contribution in [0, 0.1) is 6.92 Å². The standard InChI is InChI=1S/C30H36N6O3/c1-22-6-5-8-27(32-22)34-16-18-35(19-17-34)30(38)39-28-14-13-26(20-31-28)33-29(37)25-11-9-24(10-12-25)21-36-15-4-3-7-23(36)2/h5-6,8-14,20,23H,3-4,7,15-19,21H2,1-2H3,(H,33,37). The summed E-state index contributed by atoms with van der Waals surface area (Å²) in [7, 11) is 0. The number of carbonyl (C=O) groups excluding carboxylic acids is 2. The Hall–Kier alpha value is -3.98. The first-order valence-corrected chi connectivity index (χ1v) is 13.7. The zero-order chi connectivity index (χ0) is 27.2. The Kier molecular flexibility index (Phi) is 8.36. The molecule has 1 aromatic carbocycles. The average molecular weight is 529 g/mol. The first-order chi connectivity index (χ1) is 18.9. The lowest BCUT2D eigenvalue weighted by atomic mass is 10.0. The molecule has 2 aliphatic heterocycles. The van der Waals surface area contributed by atoms with Crippen LogP contribution in [-0.2, 0) is 6.54 Å². The molecule has 1 N–H and O–H groups in total. The van der Waals surface area contributed by atoms with Gasteiger partial charge in [0.15, 0.2) is 0 Å². The molecule has 3 aromatic rings. The van der Waals surface area contributed by atoms with Crippen LogP contribution in [0.25, 0.3) is 0 Å². The van der Waals surface area contributed by atoms with E-state index >= 15 is 0 Å². The van der Waals surface area contributed by atoms with E-state index in [1.54, 1.807) is 17.0 Å². The number of pyridine rings is 2. The third-order valence-corrected chi connectivity index (χ3v) is 7.46. The van der Waals surface area contributed by atoms with Crippen molar-refractivity contribution >= 4 is 23.5 Å². The molecule has 0 bridgehead atoms. The lowest BCUT2D eigenvalue weighted by Crippen LogP contribution is -2.50. The lowest BCUT2D eigenvalue weighted by Gasteiger charge is -2.34. The van der Waals surface area contributed by atoms with Gasteiger partial charge in [-0.15, -0.1) is 0 Å². The molecule has 39 heavy (non-hydrogen) atoms. The molecule has 9 nitrogen and oxygen atoms in total. The fourth-order valence-corrected chi connectivity index (χ4v) is 5.08. The normalized spacial score (nSPS) is 18.1. The minimum atomic E-state index is -0.435. The molecule has 0 aliphatic carbocycles. The fourth-order valence-electron chi connectivity index (χ4n) is 5.08. The molecule has 0 radical (unpaired) electrons. The number of nitrogens with one attached hydrogen (secondary N) is 1. The second kappa shape index (κ2) is 12.3. The summed E-state index contributed by atoms with van der Waals surface area (Å²) in [6.45, 7) is 8.74. The van der Waals surface area contributed by atoms with Crippen molar-refractivity contribution in [2.75, 3.05) is 42.9 Å². The first-order valence-electron chi connectivity index (χ1n) is 13.7. The molecule has 1 atom stereocenters. The molecule has 4 heterocycles. The van der Waals surface area contributed by atoms with E-state index in [9.17, 15) is 9.59 Å². The van der Waals surface area contributed by atoms with Crippen LogP contribution in [-0.4, -0.2) is 70.5 Å². The van der Waals surface area contributed by atoms with E-state index in [0.29, 0.717) is 43.5 Å². The lowest BCUT2D eigenvalue weighted by molar-refractivity contribution is 0.102. The zero-order valence-electron chi connectivity index (χ0n) is 22.7. The quantitative estimate of drug-likeness (QED) is 0.495. The van der Waals surface area contributed by atoms with Gasteiger partial charge in [0.1, 0.15) is 5.82 Å². The van der Waals surface area contributed by atoms with E-state index in [-0.39, 0.29) is 11.8 Å². The van der Waals surface area contributed by atoms with Gasteiger partial charge in [0.2, 0.25) is 5.88 Å². The number of anilines is 2. The number of benzene rings is 1. The maximum absolute atomic E-state index is 12.7. The van der Waals surface area contributed by atoms with Gasteiger partial charge < -0.3 is 19.9 Å². The third kappa shape index (κ3) is 6.92. The second-order valence-corrected chi connectivity index (χ2v) is 10.3. The highest BCUT2D eigenvalue weighted by Gasteiger charge is 2.24. The van der Waals surface area contributed by atoms with E-state index in [0.717, 1.165) is 24.6 Å². The minimum Gasteiger partial charge on any atom is -0.391 e. The largest absolute Gasteiger partial charge is 0.416 e. The number of nitrogens with zero attached hydrogens (tertiary/aromatic N) is 5. The maximum Gasteiger partial charge on any atom is 0.416 e. The molecule has 2 aromatic heterocycles. The van der Waals surface area contributed by atoms with Gasteiger partial charge in [0, 0.05) is 56.1 Å². The number of hydrogen-bond donors (Lipinski definition) is 1. The Bertz CT molecular complexity index is 1270. The number of piperazine rings is 1. The van der Waals surface area contributed by atoms with E-state index in [2.05, 4.69) is 32.0 Å². The van der Waals surface area contributed by atoms with Crippen LogP contribution in [0.2, 0.25) is 0 Å². The zero-order valence-corrected chi connectivity index (χ0v) is 22.7. The molecule has 2 amide bonds. The van der Waals surface area contributed by atoms with Gasteiger partial charge in [0.25, 0.3) is 5.91 Å². The van der Waals surface area contributed by atoms with Crippen molar-refractivity contribution in [3.8, 4) is 5.88 Å². The van der Waals surface area contributed by atoms with Gasteiger partial charge >= 0.3 is 6.09 Å².